The van der Waals surface area contributed by atoms with Gasteiger partial charge in [-0.15, -0.1) is 0 Å². The number of nitrogens with zero attached hydrogens (tertiary/aromatic N) is 1. The van der Waals surface area contributed by atoms with Crippen LogP contribution in [-0.4, -0.2) is 144 Å². The van der Waals surface area contributed by atoms with Crippen LogP contribution in [0.1, 0.15) is 12.8 Å². The number of hydrogen-bond donors (Lipinski definition) is 1. The minimum Gasteiger partial charge on any atom is -0.355 e. The average Bonchev–Trinajstić information content (AvgIpc) is 2.99. The Bertz CT molecular complexity index is 1480. The number of amides is 1. The first-order chi connectivity index (χ1) is 24.7. The van der Waals surface area contributed by atoms with Crippen LogP contribution in [0.2, 0.25) is 0 Å². The third-order valence-corrected chi connectivity index (χ3v) is 8.66. The van der Waals surface area contributed by atoms with E-state index >= 15 is 0 Å². The molecule has 0 aliphatic rings. The van der Waals surface area contributed by atoms with Crippen LogP contribution < -0.4 is 5.32 Å². The number of quaternary nitrogens is 1. The summed E-state index contributed by atoms with van der Waals surface area (Å²) in [6.45, 7) is 0.0732. The lowest BCUT2D eigenvalue weighted by molar-refractivity contribution is -0.870. The van der Waals surface area contributed by atoms with Crippen LogP contribution in [0.25, 0.3) is 0 Å². The van der Waals surface area contributed by atoms with Gasteiger partial charge >= 0.3 is 83.2 Å². The van der Waals surface area contributed by atoms with Crippen molar-refractivity contribution in [2.75, 3.05) is 45.7 Å². The van der Waals surface area contributed by atoms with Crippen LogP contribution >= 0.6 is 0 Å². The third kappa shape index (κ3) is 8.42. The van der Waals surface area contributed by atoms with Crippen molar-refractivity contribution in [3.8, 4) is 0 Å². The summed E-state index contributed by atoms with van der Waals surface area (Å²) in [6.07, 6.45) is -11.4. The van der Waals surface area contributed by atoms with Gasteiger partial charge < -0.3 is 9.80 Å². The highest BCUT2D eigenvalue weighted by Gasteiger charge is 3.00. The Balaban J connectivity index is 6.92. The first-order valence-corrected chi connectivity index (χ1v) is 15.6. The molecule has 0 aromatic heterocycles. The molecule has 0 saturated carbocycles. The zero-order chi connectivity index (χ0) is 47.6. The quantitative estimate of drug-likeness (QED) is 0.0710. The molecular formula is C24H22F29N2O2S+. The van der Waals surface area contributed by atoms with Crippen molar-refractivity contribution in [1.82, 2.24) is 5.32 Å². The van der Waals surface area contributed by atoms with Crippen molar-refractivity contribution < 1.29 is 141 Å². The predicted octanol–water partition coefficient (Wildman–Crippen LogP) is 9.16. The molecule has 0 aromatic rings. The van der Waals surface area contributed by atoms with Gasteiger partial charge in [0.2, 0.25) is 5.91 Å². The monoisotopic (exact) mass is 953 g/mol. The number of alkyl halides is 29. The summed E-state index contributed by atoms with van der Waals surface area (Å²) in [6, 6.07) is 0. The smallest absolute Gasteiger partial charge is 0.355 e. The summed E-state index contributed by atoms with van der Waals surface area (Å²) in [5, 5.41) is 1.96. The van der Waals surface area contributed by atoms with Crippen LogP contribution in [0.4, 0.5) is 127 Å². The minimum atomic E-state index is -9.98. The summed E-state index contributed by atoms with van der Waals surface area (Å²) in [5.41, 5.74) is 0. The molecule has 34 heteroatoms. The van der Waals surface area contributed by atoms with Crippen LogP contribution in [0, 0.1) is 0 Å². The predicted molar refractivity (Wildman–Crippen MR) is 133 cm³/mol. The van der Waals surface area contributed by atoms with E-state index in [4.69, 9.17) is 0 Å². The molecule has 1 N–H and O–H groups in total. The van der Waals surface area contributed by atoms with E-state index in [1.807, 2.05) is 5.32 Å². The largest absolute Gasteiger partial charge is 0.460 e. The fraction of sp³-hybridized carbons (Fsp3) is 0.958. The van der Waals surface area contributed by atoms with Gasteiger partial charge in [-0.05, 0) is 0 Å². The van der Waals surface area contributed by atoms with Gasteiger partial charge in [0.15, 0.2) is 0 Å². The van der Waals surface area contributed by atoms with E-state index in [-0.39, 0.29) is 17.4 Å². The molecule has 0 fully saturated rings. The van der Waals surface area contributed by atoms with Crippen LogP contribution in [0.3, 0.4) is 0 Å². The fourth-order valence-electron chi connectivity index (χ4n) is 3.83. The molecular weight excluding hydrogens is 931 g/mol. The molecule has 0 aliphatic heterocycles. The van der Waals surface area contributed by atoms with Crippen LogP contribution in [-0.2, 0) is 15.6 Å². The topological polar surface area (TPSA) is 46.2 Å². The summed E-state index contributed by atoms with van der Waals surface area (Å²) in [7, 11) is 1.70. The number of carbonyl (C=O) groups is 1. The lowest BCUT2D eigenvalue weighted by Gasteiger charge is -2.46. The lowest BCUT2D eigenvalue weighted by atomic mass is 9.83. The highest BCUT2D eigenvalue weighted by molar-refractivity contribution is 7.85. The van der Waals surface area contributed by atoms with Crippen molar-refractivity contribution in [3.63, 3.8) is 0 Å². The Kier molecular flexibility index (Phi) is 14.8. The van der Waals surface area contributed by atoms with Crippen molar-refractivity contribution in [1.29, 1.82) is 0 Å². The molecule has 58 heavy (non-hydrogen) atoms. The fourth-order valence-corrected chi connectivity index (χ4v) is 4.85. The highest BCUT2D eigenvalue weighted by atomic mass is 32.2. The van der Waals surface area contributed by atoms with Crippen LogP contribution in [0.15, 0.2) is 0 Å². The van der Waals surface area contributed by atoms with Crippen molar-refractivity contribution in [2.24, 2.45) is 0 Å². The molecule has 1 atom stereocenters. The first-order valence-electron chi connectivity index (χ1n) is 14.1. The van der Waals surface area contributed by atoms with Gasteiger partial charge in [0.05, 0.1) is 27.7 Å². The Hall–Kier alpha value is -2.45. The van der Waals surface area contributed by atoms with Gasteiger partial charge in [-0.2, -0.15) is 127 Å². The molecule has 0 bridgehead atoms. The normalized spacial score (nSPS) is 16.8. The number of halogens is 29. The maximum atomic E-state index is 14.1. The van der Waals surface area contributed by atoms with Gasteiger partial charge in [-0.3, -0.25) is 9.00 Å². The Morgan fingerprint density at radius 1 is 0.448 bits per heavy atom. The Morgan fingerprint density at radius 2 is 0.707 bits per heavy atom. The molecule has 0 saturated heterocycles. The van der Waals surface area contributed by atoms with Gasteiger partial charge in [0, 0.05) is 35.9 Å². The maximum Gasteiger partial charge on any atom is 0.460 e. The van der Waals surface area contributed by atoms with E-state index in [2.05, 4.69) is 0 Å². The second kappa shape index (κ2) is 15.5. The molecule has 0 aromatic carbocycles. The molecule has 0 rings (SSSR count). The number of hydrogen-bond acceptors (Lipinski definition) is 2. The molecule has 0 heterocycles. The van der Waals surface area contributed by atoms with E-state index in [9.17, 15) is 136 Å². The Labute approximate surface area is 305 Å². The second-order valence-corrected chi connectivity index (χ2v) is 14.4. The van der Waals surface area contributed by atoms with Crippen molar-refractivity contribution in [3.05, 3.63) is 0 Å². The zero-order valence-electron chi connectivity index (χ0n) is 27.9. The van der Waals surface area contributed by atoms with Gasteiger partial charge in [0.25, 0.3) is 0 Å². The standard InChI is InChI=1S/C24H21F29N2O2S/c1-55(2,3)7-4-6-54-10(56)9-58(57)8-5-11(25,26)12(27,28)13(29,30)14(31,32)15(33,34)16(35,36)17(37,38)18(39,40)19(41,42)20(43,44)21(45,46)22(47,48)23(49,50)24(51,52)53/h4-9H2,1-3H3/p+1. The summed E-state index contributed by atoms with van der Waals surface area (Å²) in [5.74, 6) is -126. The van der Waals surface area contributed by atoms with E-state index in [1.165, 1.54) is 0 Å². The van der Waals surface area contributed by atoms with Crippen molar-refractivity contribution >= 4 is 16.7 Å². The number of carbonyl (C=O) groups excluding carboxylic acids is 1. The van der Waals surface area contributed by atoms with E-state index in [1.54, 1.807) is 21.1 Å². The molecule has 348 valence electrons. The van der Waals surface area contributed by atoms with Crippen LogP contribution in [0.5, 0.6) is 0 Å². The highest BCUT2D eigenvalue weighted by Crippen LogP contribution is 2.69. The van der Waals surface area contributed by atoms with E-state index in [0.717, 1.165) is 0 Å². The zero-order valence-corrected chi connectivity index (χ0v) is 28.7. The second-order valence-electron chi connectivity index (χ2n) is 12.9. The summed E-state index contributed by atoms with van der Waals surface area (Å²) >= 11 is 0. The van der Waals surface area contributed by atoms with E-state index in [0.29, 0.717) is 6.54 Å². The maximum absolute atomic E-state index is 14.1. The molecule has 4 nitrogen and oxygen atoms in total. The summed E-state index contributed by atoms with van der Waals surface area (Å²) in [4.78, 5) is 11.7. The van der Waals surface area contributed by atoms with Crippen molar-refractivity contribution in [2.45, 2.75) is 96.0 Å². The number of nitrogens with one attached hydrogen (secondary N) is 1. The average molecular weight is 953 g/mol. The summed E-state index contributed by atoms with van der Waals surface area (Å²) < 4.78 is 408. The van der Waals surface area contributed by atoms with Gasteiger partial charge in [-0.25, -0.2) is 0 Å². The lowest BCUT2D eigenvalue weighted by Crippen LogP contribution is -2.79. The molecule has 0 aliphatic carbocycles. The Morgan fingerprint density at radius 3 is 0.966 bits per heavy atom. The molecule has 1 unspecified atom stereocenters. The minimum absolute atomic E-state index is 0.152. The first kappa shape index (κ1) is 55.5. The third-order valence-electron chi connectivity index (χ3n) is 7.42. The number of rotatable bonds is 21. The SMILES string of the molecule is C[N+](C)(C)CCCNC(=O)CS(=O)CCC(F)(F)C(F)(F)C(F)(F)C(F)(F)C(F)(F)C(F)(F)C(F)(F)C(F)(F)C(F)(F)C(F)(F)C(F)(F)C(F)(F)C(F)(F)C(F)(F)F. The van der Waals surface area contributed by atoms with E-state index < -0.39 is 118 Å². The molecule has 1 amide bonds. The molecule has 0 radical (unpaired) electrons. The van der Waals surface area contributed by atoms with Gasteiger partial charge in [0.1, 0.15) is 5.75 Å². The van der Waals surface area contributed by atoms with Gasteiger partial charge in [-0.1, -0.05) is 0 Å². The molecule has 0 spiro atoms.